The summed E-state index contributed by atoms with van der Waals surface area (Å²) in [6.07, 6.45) is 3.30. The highest BCUT2D eigenvalue weighted by Gasteiger charge is 2.19. The molecule has 0 aliphatic rings. The van der Waals surface area contributed by atoms with Gasteiger partial charge in [-0.2, -0.15) is 0 Å². The molecule has 0 saturated carbocycles. The predicted octanol–water partition coefficient (Wildman–Crippen LogP) is 2.64. The van der Waals surface area contributed by atoms with Gasteiger partial charge in [0.15, 0.2) is 0 Å². The van der Waals surface area contributed by atoms with Gasteiger partial charge in [0.05, 0.1) is 11.4 Å². The third-order valence-electron chi connectivity index (χ3n) is 3.40. The molecule has 0 fully saturated rings. The Morgan fingerprint density at radius 2 is 2.00 bits per heavy atom. The second-order valence-corrected chi connectivity index (χ2v) is 4.66. The largest absolute Gasteiger partial charge is 0.478 e. The van der Waals surface area contributed by atoms with Crippen molar-refractivity contribution in [2.24, 2.45) is 7.05 Å². The average Bonchev–Trinajstić information content (AvgIpc) is 2.76. The number of aromatic nitrogens is 3. The molecule has 5 heteroatoms. The molecule has 20 heavy (non-hydrogen) atoms. The maximum atomic E-state index is 11.5. The average molecular weight is 267 g/mol. The highest BCUT2D eigenvalue weighted by molar-refractivity contribution is 6.02. The minimum absolute atomic E-state index is 0.156. The van der Waals surface area contributed by atoms with E-state index in [0.717, 1.165) is 16.5 Å². The molecule has 0 radical (unpaired) electrons. The third kappa shape index (κ3) is 1.75. The van der Waals surface area contributed by atoms with Gasteiger partial charge in [0, 0.05) is 29.7 Å². The maximum Gasteiger partial charge on any atom is 0.339 e. The third-order valence-corrected chi connectivity index (χ3v) is 3.40. The van der Waals surface area contributed by atoms with Crippen LogP contribution in [-0.2, 0) is 7.05 Å². The molecule has 5 nitrogen and oxygen atoms in total. The number of carboxylic acids is 1. The van der Waals surface area contributed by atoms with E-state index >= 15 is 0 Å². The molecule has 1 aromatic carbocycles. The molecule has 2 heterocycles. The fourth-order valence-corrected chi connectivity index (χ4v) is 2.46. The minimum Gasteiger partial charge on any atom is -0.478 e. The first-order valence-electron chi connectivity index (χ1n) is 6.19. The number of rotatable bonds is 2. The summed E-state index contributed by atoms with van der Waals surface area (Å²) in [5.41, 5.74) is 2.93. The summed E-state index contributed by atoms with van der Waals surface area (Å²) in [7, 11) is 1.93. The Kier molecular flexibility index (Phi) is 2.75. The van der Waals surface area contributed by atoms with Crippen LogP contribution in [0.5, 0.6) is 0 Å². The molecular formula is C15H13N3O2. The number of para-hydroxylation sites is 1. The molecule has 0 bridgehead atoms. The van der Waals surface area contributed by atoms with E-state index in [1.807, 2.05) is 42.1 Å². The second kappa shape index (κ2) is 4.45. The Morgan fingerprint density at radius 3 is 2.75 bits per heavy atom. The number of fused-ring (bicyclic) bond motifs is 1. The summed E-state index contributed by atoms with van der Waals surface area (Å²) < 4.78 is 1.97. The molecule has 100 valence electrons. The van der Waals surface area contributed by atoms with Gasteiger partial charge < -0.3 is 9.67 Å². The number of aryl methyl sites for hydroxylation is 2. The molecule has 0 atom stereocenters. The lowest BCUT2D eigenvalue weighted by molar-refractivity contribution is 0.0696. The molecule has 0 amide bonds. The Morgan fingerprint density at radius 1 is 1.25 bits per heavy atom. The number of aromatic carboxylic acids is 1. The lowest BCUT2D eigenvalue weighted by Crippen LogP contribution is -2.06. The normalized spacial score (nSPS) is 10.9. The van der Waals surface area contributed by atoms with Crippen molar-refractivity contribution in [3.05, 3.63) is 48.0 Å². The van der Waals surface area contributed by atoms with Crippen LogP contribution in [-0.4, -0.2) is 25.6 Å². The smallest absolute Gasteiger partial charge is 0.339 e. The van der Waals surface area contributed by atoms with Crippen molar-refractivity contribution in [3.63, 3.8) is 0 Å². The molecule has 3 aromatic rings. The SMILES string of the molecule is Cc1ncnc(-c2cn(C)c3ccccc23)c1C(=O)O. The lowest BCUT2D eigenvalue weighted by atomic mass is 10.0. The number of carbonyl (C=O) groups is 1. The van der Waals surface area contributed by atoms with E-state index in [0.29, 0.717) is 11.4 Å². The van der Waals surface area contributed by atoms with Crippen molar-refractivity contribution < 1.29 is 9.90 Å². The van der Waals surface area contributed by atoms with Gasteiger partial charge in [-0.1, -0.05) is 18.2 Å². The number of hydrogen-bond donors (Lipinski definition) is 1. The fraction of sp³-hybridized carbons (Fsp3) is 0.133. The summed E-state index contributed by atoms with van der Waals surface area (Å²) in [5, 5.41) is 10.4. The second-order valence-electron chi connectivity index (χ2n) is 4.66. The van der Waals surface area contributed by atoms with Gasteiger partial charge in [0.2, 0.25) is 0 Å². The quantitative estimate of drug-likeness (QED) is 0.775. The Labute approximate surface area is 115 Å². The molecule has 0 unspecified atom stereocenters. The van der Waals surface area contributed by atoms with Gasteiger partial charge in [0.25, 0.3) is 0 Å². The highest BCUT2D eigenvalue weighted by Crippen LogP contribution is 2.31. The van der Waals surface area contributed by atoms with Crippen LogP contribution < -0.4 is 0 Å². The number of benzene rings is 1. The molecule has 3 rings (SSSR count). The predicted molar refractivity (Wildman–Crippen MR) is 75.6 cm³/mol. The number of carboxylic acid groups (broad SMARTS) is 1. The first-order valence-corrected chi connectivity index (χ1v) is 6.19. The topological polar surface area (TPSA) is 68.0 Å². The van der Waals surface area contributed by atoms with Crippen molar-refractivity contribution in [2.45, 2.75) is 6.92 Å². The summed E-state index contributed by atoms with van der Waals surface area (Å²) >= 11 is 0. The summed E-state index contributed by atoms with van der Waals surface area (Å²) in [6.45, 7) is 1.68. The molecule has 0 spiro atoms. The first-order chi connectivity index (χ1) is 9.59. The zero-order chi connectivity index (χ0) is 14.3. The summed E-state index contributed by atoms with van der Waals surface area (Å²) in [4.78, 5) is 19.6. The zero-order valence-electron chi connectivity index (χ0n) is 11.2. The van der Waals surface area contributed by atoms with E-state index in [1.165, 1.54) is 6.33 Å². The van der Waals surface area contributed by atoms with Crippen LogP contribution in [0.1, 0.15) is 16.1 Å². The minimum atomic E-state index is -1.01. The molecule has 0 saturated heterocycles. The van der Waals surface area contributed by atoms with Gasteiger partial charge >= 0.3 is 5.97 Å². The van der Waals surface area contributed by atoms with Crippen molar-refractivity contribution in [3.8, 4) is 11.3 Å². The lowest BCUT2D eigenvalue weighted by Gasteiger charge is -2.05. The monoisotopic (exact) mass is 267 g/mol. The standard InChI is InChI=1S/C15H13N3O2/c1-9-13(15(19)20)14(17-8-16-9)11-7-18(2)12-6-4-3-5-10(11)12/h3-8H,1-2H3,(H,19,20). The van der Waals surface area contributed by atoms with Gasteiger partial charge in [-0.3, -0.25) is 0 Å². The summed E-state index contributed by atoms with van der Waals surface area (Å²) in [5.74, 6) is -1.01. The Bertz CT molecular complexity index is 821. The van der Waals surface area contributed by atoms with Crippen molar-refractivity contribution in [1.29, 1.82) is 0 Å². The number of hydrogen-bond acceptors (Lipinski definition) is 3. The van der Waals surface area contributed by atoms with Gasteiger partial charge in [-0.15, -0.1) is 0 Å². The molecule has 0 aliphatic heterocycles. The van der Waals surface area contributed by atoms with Crippen LogP contribution in [0.25, 0.3) is 22.2 Å². The van der Waals surface area contributed by atoms with E-state index in [1.54, 1.807) is 6.92 Å². The van der Waals surface area contributed by atoms with Crippen LogP contribution in [0.15, 0.2) is 36.8 Å². The van der Waals surface area contributed by atoms with Gasteiger partial charge in [0.1, 0.15) is 11.9 Å². The van der Waals surface area contributed by atoms with Crippen molar-refractivity contribution >= 4 is 16.9 Å². The van der Waals surface area contributed by atoms with Crippen LogP contribution >= 0.6 is 0 Å². The van der Waals surface area contributed by atoms with Crippen LogP contribution in [0.4, 0.5) is 0 Å². The van der Waals surface area contributed by atoms with E-state index in [9.17, 15) is 9.90 Å². The van der Waals surface area contributed by atoms with Crippen LogP contribution in [0.3, 0.4) is 0 Å². The van der Waals surface area contributed by atoms with E-state index < -0.39 is 5.97 Å². The van der Waals surface area contributed by atoms with Gasteiger partial charge in [-0.25, -0.2) is 14.8 Å². The molecule has 1 N–H and O–H groups in total. The van der Waals surface area contributed by atoms with E-state index in [4.69, 9.17) is 0 Å². The fourth-order valence-electron chi connectivity index (χ4n) is 2.46. The maximum absolute atomic E-state index is 11.5. The van der Waals surface area contributed by atoms with Crippen LogP contribution in [0.2, 0.25) is 0 Å². The number of nitrogens with zero attached hydrogens (tertiary/aromatic N) is 3. The molecule has 0 aliphatic carbocycles. The Hall–Kier alpha value is -2.69. The van der Waals surface area contributed by atoms with Crippen molar-refractivity contribution in [1.82, 2.24) is 14.5 Å². The van der Waals surface area contributed by atoms with E-state index in [-0.39, 0.29) is 5.56 Å². The van der Waals surface area contributed by atoms with Crippen molar-refractivity contribution in [2.75, 3.05) is 0 Å². The Balaban J connectivity index is 2.38. The van der Waals surface area contributed by atoms with Gasteiger partial charge in [-0.05, 0) is 13.0 Å². The highest BCUT2D eigenvalue weighted by atomic mass is 16.4. The molecule has 2 aromatic heterocycles. The van der Waals surface area contributed by atoms with E-state index in [2.05, 4.69) is 9.97 Å². The zero-order valence-corrected chi connectivity index (χ0v) is 11.2. The molecular weight excluding hydrogens is 254 g/mol. The first kappa shape index (κ1) is 12.3. The van der Waals surface area contributed by atoms with Crippen LogP contribution in [0, 0.1) is 6.92 Å². The summed E-state index contributed by atoms with van der Waals surface area (Å²) in [6, 6.07) is 7.84.